The van der Waals surface area contributed by atoms with Gasteiger partial charge in [0.25, 0.3) is 5.56 Å². The molecule has 2 aliphatic rings. The average molecular weight is 219 g/mol. The van der Waals surface area contributed by atoms with Crippen molar-refractivity contribution in [1.29, 1.82) is 0 Å². The first kappa shape index (κ1) is 9.87. The van der Waals surface area contributed by atoms with Crippen LogP contribution in [0.25, 0.3) is 0 Å². The molecule has 2 aliphatic carbocycles. The van der Waals surface area contributed by atoms with E-state index < -0.39 is 0 Å². The lowest BCUT2D eigenvalue weighted by Gasteiger charge is -2.12. The summed E-state index contributed by atoms with van der Waals surface area (Å²) in [5.74, 6) is 2.13. The molecular formula is C12H17N3O. The van der Waals surface area contributed by atoms with Crippen molar-refractivity contribution in [3.05, 3.63) is 22.2 Å². The molecule has 0 spiro atoms. The topological polar surface area (TPSA) is 57.8 Å². The molecule has 0 aromatic carbocycles. The van der Waals surface area contributed by atoms with E-state index in [9.17, 15) is 4.79 Å². The number of nitrogens with one attached hydrogen (secondary N) is 2. The number of rotatable bonds is 3. The summed E-state index contributed by atoms with van der Waals surface area (Å²) in [6.45, 7) is 0. The lowest BCUT2D eigenvalue weighted by atomic mass is 10.2. The van der Waals surface area contributed by atoms with Crippen molar-refractivity contribution in [2.24, 2.45) is 0 Å². The smallest absolute Gasteiger partial charge is 0.252 e. The molecule has 2 saturated carbocycles. The minimum absolute atomic E-state index is 0.0302. The molecule has 0 bridgehead atoms. The lowest BCUT2D eigenvalue weighted by molar-refractivity contribution is 0.745. The summed E-state index contributed by atoms with van der Waals surface area (Å²) in [7, 11) is 0. The Morgan fingerprint density at radius 1 is 1.25 bits per heavy atom. The lowest BCUT2D eigenvalue weighted by Crippen LogP contribution is -2.19. The third-order valence-electron chi connectivity index (χ3n) is 3.43. The van der Waals surface area contributed by atoms with Crippen LogP contribution in [0.2, 0.25) is 0 Å². The summed E-state index contributed by atoms with van der Waals surface area (Å²) >= 11 is 0. The maximum Gasteiger partial charge on any atom is 0.252 e. The zero-order valence-corrected chi connectivity index (χ0v) is 9.33. The Labute approximate surface area is 94.5 Å². The SMILES string of the molecule is O=c1cc(NC2CCCC2)nc(C2CC2)[nH]1. The fraction of sp³-hybridized carbons (Fsp3) is 0.667. The highest BCUT2D eigenvalue weighted by Gasteiger charge is 2.26. The van der Waals surface area contributed by atoms with Crippen molar-refractivity contribution in [2.45, 2.75) is 50.5 Å². The number of hydrogen-bond acceptors (Lipinski definition) is 3. The zero-order valence-electron chi connectivity index (χ0n) is 9.33. The Kier molecular flexibility index (Phi) is 2.42. The van der Waals surface area contributed by atoms with Crippen molar-refractivity contribution in [3.8, 4) is 0 Å². The summed E-state index contributed by atoms with van der Waals surface area (Å²) in [6, 6.07) is 2.09. The summed E-state index contributed by atoms with van der Waals surface area (Å²) < 4.78 is 0. The molecule has 4 nitrogen and oxygen atoms in total. The number of aromatic nitrogens is 2. The number of anilines is 1. The molecule has 1 heterocycles. The van der Waals surface area contributed by atoms with E-state index in [2.05, 4.69) is 15.3 Å². The fourth-order valence-electron chi connectivity index (χ4n) is 2.38. The highest BCUT2D eigenvalue weighted by molar-refractivity contribution is 5.35. The molecule has 0 atom stereocenters. The normalized spacial score (nSPS) is 21.2. The third kappa shape index (κ3) is 2.10. The van der Waals surface area contributed by atoms with E-state index in [0.717, 1.165) is 24.5 Å². The largest absolute Gasteiger partial charge is 0.367 e. The average Bonchev–Trinajstić information content (AvgIpc) is 2.98. The second-order valence-electron chi connectivity index (χ2n) is 4.92. The van der Waals surface area contributed by atoms with E-state index in [0.29, 0.717) is 12.0 Å². The van der Waals surface area contributed by atoms with Gasteiger partial charge in [-0.1, -0.05) is 12.8 Å². The Morgan fingerprint density at radius 2 is 2.00 bits per heavy atom. The number of H-pyrrole nitrogens is 1. The molecule has 0 radical (unpaired) electrons. The van der Waals surface area contributed by atoms with Gasteiger partial charge in [-0.05, 0) is 25.7 Å². The highest BCUT2D eigenvalue weighted by Crippen LogP contribution is 2.37. The molecule has 86 valence electrons. The first-order valence-corrected chi connectivity index (χ1v) is 6.19. The molecule has 3 rings (SSSR count). The van der Waals surface area contributed by atoms with E-state index in [1.807, 2.05) is 0 Å². The number of hydrogen-bond donors (Lipinski definition) is 2. The summed E-state index contributed by atoms with van der Waals surface area (Å²) in [6.07, 6.45) is 7.30. The molecule has 4 heteroatoms. The second-order valence-corrected chi connectivity index (χ2v) is 4.92. The van der Waals surface area contributed by atoms with Crippen molar-refractivity contribution in [3.63, 3.8) is 0 Å². The Bertz CT molecular complexity index is 430. The number of nitrogens with zero attached hydrogens (tertiary/aromatic N) is 1. The van der Waals surface area contributed by atoms with Crippen LogP contribution in [-0.4, -0.2) is 16.0 Å². The van der Waals surface area contributed by atoms with Gasteiger partial charge in [0.1, 0.15) is 11.6 Å². The van der Waals surface area contributed by atoms with Crippen molar-refractivity contribution in [1.82, 2.24) is 9.97 Å². The predicted octanol–water partition coefficient (Wildman–Crippen LogP) is 2.00. The molecule has 0 amide bonds. The summed E-state index contributed by atoms with van der Waals surface area (Å²) in [4.78, 5) is 18.8. The van der Waals surface area contributed by atoms with Gasteiger partial charge < -0.3 is 10.3 Å². The van der Waals surface area contributed by atoms with Crippen LogP contribution in [0.3, 0.4) is 0 Å². The molecule has 1 aromatic rings. The van der Waals surface area contributed by atoms with Crippen LogP contribution in [0, 0.1) is 0 Å². The van der Waals surface area contributed by atoms with Gasteiger partial charge in [0.05, 0.1) is 0 Å². The molecule has 2 N–H and O–H groups in total. The van der Waals surface area contributed by atoms with Gasteiger partial charge in [-0.2, -0.15) is 0 Å². The van der Waals surface area contributed by atoms with Gasteiger partial charge in [0.2, 0.25) is 0 Å². The van der Waals surface area contributed by atoms with Gasteiger partial charge in [0, 0.05) is 18.0 Å². The van der Waals surface area contributed by atoms with E-state index in [-0.39, 0.29) is 5.56 Å². The molecular weight excluding hydrogens is 202 g/mol. The van der Waals surface area contributed by atoms with Crippen LogP contribution in [-0.2, 0) is 0 Å². The van der Waals surface area contributed by atoms with Crippen LogP contribution in [0.5, 0.6) is 0 Å². The number of aromatic amines is 1. The van der Waals surface area contributed by atoms with Crippen LogP contribution >= 0.6 is 0 Å². The van der Waals surface area contributed by atoms with E-state index >= 15 is 0 Å². The van der Waals surface area contributed by atoms with Gasteiger partial charge in [0.15, 0.2) is 0 Å². The molecule has 16 heavy (non-hydrogen) atoms. The molecule has 0 saturated heterocycles. The van der Waals surface area contributed by atoms with Crippen molar-refractivity contribution in [2.75, 3.05) is 5.32 Å². The second kappa shape index (κ2) is 3.92. The minimum atomic E-state index is -0.0302. The summed E-state index contributed by atoms with van der Waals surface area (Å²) in [5, 5.41) is 3.37. The predicted molar refractivity (Wildman–Crippen MR) is 62.7 cm³/mol. The highest BCUT2D eigenvalue weighted by atomic mass is 16.1. The van der Waals surface area contributed by atoms with Crippen LogP contribution < -0.4 is 10.9 Å². The first-order valence-electron chi connectivity index (χ1n) is 6.19. The van der Waals surface area contributed by atoms with Gasteiger partial charge in [-0.15, -0.1) is 0 Å². The molecule has 1 aromatic heterocycles. The zero-order chi connectivity index (χ0) is 11.0. The van der Waals surface area contributed by atoms with Gasteiger partial charge in [-0.3, -0.25) is 4.79 Å². The van der Waals surface area contributed by atoms with Crippen LogP contribution in [0.1, 0.15) is 50.3 Å². The van der Waals surface area contributed by atoms with E-state index in [4.69, 9.17) is 0 Å². The standard InChI is InChI=1S/C12H17N3O/c16-11-7-10(13-9-3-1-2-4-9)14-12(15-11)8-5-6-8/h7-9H,1-6H2,(H2,13,14,15,16). The van der Waals surface area contributed by atoms with E-state index in [1.54, 1.807) is 6.07 Å². The third-order valence-corrected chi connectivity index (χ3v) is 3.43. The fourth-order valence-corrected chi connectivity index (χ4v) is 2.38. The quantitative estimate of drug-likeness (QED) is 0.817. The van der Waals surface area contributed by atoms with Gasteiger partial charge >= 0.3 is 0 Å². The summed E-state index contributed by atoms with van der Waals surface area (Å²) in [5.41, 5.74) is -0.0302. The minimum Gasteiger partial charge on any atom is -0.367 e. The maximum atomic E-state index is 11.5. The molecule has 2 fully saturated rings. The van der Waals surface area contributed by atoms with Crippen LogP contribution in [0.4, 0.5) is 5.82 Å². The molecule has 0 aliphatic heterocycles. The monoisotopic (exact) mass is 219 g/mol. The van der Waals surface area contributed by atoms with E-state index in [1.165, 1.54) is 25.7 Å². The van der Waals surface area contributed by atoms with Crippen molar-refractivity contribution < 1.29 is 0 Å². The molecule has 0 unspecified atom stereocenters. The maximum absolute atomic E-state index is 11.5. The Hall–Kier alpha value is -1.32. The Balaban J connectivity index is 1.79. The Morgan fingerprint density at radius 3 is 2.69 bits per heavy atom. The van der Waals surface area contributed by atoms with Crippen molar-refractivity contribution >= 4 is 5.82 Å². The van der Waals surface area contributed by atoms with Crippen LogP contribution in [0.15, 0.2) is 10.9 Å². The first-order chi connectivity index (χ1) is 7.81. The van der Waals surface area contributed by atoms with Gasteiger partial charge in [-0.25, -0.2) is 4.98 Å².